The molecule has 2 N–H and O–H groups in total. The fourth-order valence-corrected chi connectivity index (χ4v) is 4.55. The lowest BCUT2D eigenvalue weighted by Gasteiger charge is -2.38. The summed E-state index contributed by atoms with van der Waals surface area (Å²) in [6.07, 6.45) is 9.65. The largest absolute Gasteiger partial charge is 0.480 e. The lowest BCUT2D eigenvalue weighted by molar-refractivity contribution is -0.142. The van der Waals surface area contributed by atoms with Crippen LogP contribution < -0.4 is 5.32 Å². The molecule has 0 saturated heterocycles. The molecule has 0 heterocycles. The first kappa shape index (κ1) is 19.1. The maximum atomic E-state index is 12.2. The fraction of sp³-hybridized carbons (Fsp3) is 0.895. The minimum atomic E-state index is -0.927. The zero-order valence-corrected chi connectivity index (χ0v) is 15.3. The molecule has 0 spiro atoms. The molecular weight excluding hydrogens is 306 g/mol. The number of amides is 1. The van der Waals surface area contributed by atoms with Crippen molar-refractivity contribution in [1.29, 1.82) is 0 Å². The number of rotatable bonds is 5. The van der Waals surface area contributed by atoms with Gasteiger partial charge in [0, 0.05) is 0 Å². The third-order valence-corrected chi connectivity index (χ3v) is 5.46. The molecule has 0 bridgehead atoms. The van der Waals surface area contributed by atoms with E-state index in [0.717, 1.165) is 25.7 Å². The number of carbonyl (C=O) groups excluding carboxylic acids is 1. The molecule has 1 unspecified atom stereocenters. The van der Waals surface area contributed by atoms with Crippen molar-refractivity contribution in [2.45, 2.75) is 90.2 Å². The van der Waals surface area contributed by atoms with E-state index in [4.69, 9.17) is 4.74 Å². The van der Waals surface area contributed by atoms with Gasteiger partial charge in [-0.05, 0) is 38.5 Å². The smallest absolute Gasteiger partial charge is 0.408 e. The molecule has 0 aromatic carbocycles. The number of hydrogen-bond donors (Lipinski definition) is 2. The summed E-state index contributed by atoms with van der Waals surface area (Å²) in [6, 6.07) is -0.842. The first-order valence-electron chi connectivity index (χ1n) is 9.50. The average Bonchev–Trinajstić information content (AvgIpc) is 2.99. The predicted molar refractivity (Wildman–Crippen MR) is 92.8 cm³/mol. The first-order valence-corrected chi connectivity index (χ1v) is 9.50. The van der Waals surface area contributed by atoms with Gasteiger partial charge in [-0.1, -0.05) is 57.8 Å². The lowest BCUT2D eigenvalue weighted by atomic mass is 9.70. The van der Waals surface area contributed by atoms with E-state index in [1.54, 1.807) is 20.8 Å². The Kier molecular flexibility index (Phi) is 6.53. The van der Waals surface area contributed by atoms with E-state index in [1.807, 2.05) is 0 Å². The first-order chi connectivity index (χ1) is 11.3. The Bertz CT molecular complexity index is 431. The molecule has 5 heteroatoms. The molecule has 138 valence electrons. The molecule has 2 rings (SSSR count). The normalized spacial score (nSPS) is 22.8. The maximum Gasteiger partial charge on any atom is 0.408 e. The van der Waals surface area contributed by atoms with Crippen molar-refractivity contribution in [2.24, 2.45) is 17.8 Å². The van der Waals surface area contributed by atoms with Gasteiger partial charge in [0.05, 0.1) is 0 Å². The van der Waals surface area contributed by atoms with Crippen molar-refractivity contribution in [3.05, 3.63) is 0 Å². The molecule has 2 atom stereocenters. The van der Waals surface area contributed by atoms with Gasteiger partial charge in [-0.2, -0.15) is 0 Å². The summed E-state index contributed by atoms with van der Waals surface area (Å²) in [5.41, 5.74) is -0.624. The van der Waals surface area contributed by atoms with Gasteiger partial charge in [-0.25, -0.2) is 9.59 Å². The van der Waals surface area contributed by atoms with Crippen molar-refractivity contribution in [3.8, 4) is 0 Å². The van der Waals surface area contributed by atoms with Crippen molar-refractivity contribution in [2.75, 3.05) is 0 Å². The van der Waals surface area contributed by atoms with Crippen LogP contribution in [0.15, 0.2) is 0 Å². The number of ether oxygens (including phenoxy) is 1. The quantitative estimate of drug-likeness (QED) is 0.781. The van der Waals surface area contributed by atoms with Crippen LogP contribution in [0.3, 0.4) is 0 Å². The van der Waals surface area contributed by atoms with Crippen LogP contribution >= 0.6 is 0 Å². The van der Waals surface area contributed by atoms with Crippen LogP contribution in [-0.2, 0) is 9.53 Å². The Morgan fingerprint density at radius 2 is 1.42 bits per heavy atom. The van der Waals surface area contributed by atoms with Gasteiger partial charge in [-0.3, -0.25) is 0 Å². The Hall–Kier alpha value is -1.26. The number of nitrogens with one attached hydrogen (secondary N) is 1. The summed E-state index contributed by atoms with van der Waals surface area (Å²) in [5.74, 6) is -0.0943. The zero-order valence-electron chi connectivity index (χ0n) is 15.3. The Morgan fingerprint density at radius 1 is 0.958 bits per heavy atom. The highest BCUT2D eigenvalue weighted by Crippen LogP contribution is 2.42. The average molecular weight is 339 g/mol. The molecule has 0 aromatic rings. The second-order valence-corrected chi connectivity index (χ2v) is 8.48. The third kappa shape index (κ3) is 5.38. The van der Waals surface area contributed by atoms with Crippen LogP contribution in [0.5, 0.6) is 0 Å². The molecular formula is C19H33NO4. The molecule has 2 aliphatic rings. The van der Waals surface area contributed by atoms with Gasteiger partial charge < -0.3 is 15.2 Å². The standard InChI is InChI=1S/C19H33NO4/c1-19(2,3)24-18(23)20-16(17(21)22)15(14-11-7-8-12-14)13-9-5-4-6-10-13/h13-16H,4-12H2,1-3H3,(H,20,23)(H,21,22)/t15?,16-/m0/s1. The SMILES string of the molecule is CC(C)(C)OC(=O)N[C@H](C(=O)O)C(C1CCCCC1)C1CCCC1. The summed E-state index contributed by atoms with van der Waals surface area (Å²) in [7, 11) is 0. The molecule has 0 aliphatic heterocycles. The monoisotopic (exact) mass is 339 g/mol. The summed E-state index contributed by atoms with van der Waals surface area (Å²) in [5, 5.41) is 12.5. The molecule has 5 nitrogen and oxygen atoms in total. The molecule has 0 aromatic heterocycles. The molecule has 1 amide bonds. The maximum absolute atomic E-state index is 12.2. The number of aliphatic carboxylic acids is 1. The Morgan fingerprint density at radius 3 is 1.83 bits per heavy atom. The molecule has 24 heavy (non-hydrogen) atoms. The van der Waals surface area contributed by atoms with Crippen LogP contribution in [0.1, 0.15) is 78.6 Å². The van der Waals surface area contributed by atoms with E-state index in [1.165, 1.54) is 32.1 Å². The van der Waals surface area contributed by atoms with E-state index in [0.29, 0.717) is 11.8 Å². The zero-order chi connectivity index (χ0) is 17.7. The highest BCUT2D eigenvalue weighted by molar-refractivity contribution is 5.80. The third-order valence-electron chi connectivity index (χ3n) is 5.46. The van der Waals surface area contributed by atoms with Gasteiger partial charge >= 0.3 is 12.1 Å². The van der Waals surface area contributed by atoms with E-state index >= 15 is 0 Å². The summed E-state index contributed by atoms with van der Waals surface area (Å²) in [6.45, 7) is 5.37. The van der Waals surface area contributed by atoms with Gasteiger partial charge in [0.25, 0.3) is 0 Å². The molecule has 2 aliphatic carbocycles. The summed E-state index contributed by atoms with van der Waals surface area (Å²) < 4.78 is 5.31. The number of alkyl carbamates (subject to hydrolysis) is 1. The van der Waals surface area contributed by atoms with Crippen LogP contribution in [0.2, 0.25) is 0 Å². The fourth-order valence-electron chi connectivity index (χ4n) is 4.55. The molecule has 2 fully saturated rings. The van der Waals surface area contributed by atoms with Gasteiger partial charge in [0.2, 0.25) is 0 Å². The summed E-state index contributed by atoms with van der Waals surface area (Å²) >= 11 is 0. The Labute approximate surface area is 145 Å². The van der Waals surface area contributed by atoms with Gasteiger partial charge in [0.1, 0.15) is 11.6 Å². The van der Waals surface area contributed by atoms with Crippen LogP contribution in [0, 0.1) is 17.8 Å². The Balaban J connectivity index is 2.14. The topological polar surface area (TPSA) is 75.6 Å². The number of hydrogen-bond acceptors (Lipinski definition) is 3. The highest BCUT2D eigenvalue weighted by atomic mass is 16.6. The van der Waals surface area contributed by atoms with Crippen LogP contribution in [-0.4, -0.2) is 28.8 Å². The second-order valence-electron chi connectivity index (χ2n) is 8.48. The van der Waals surface area contributed by atoms with Crippen LogP contribution in [0.4, 0.5) is 4.79 Å². The molecule has 0 radical (unpaired) electrons. The van der Waals surface area contributed by atoms with Crippen LogP contribution in [0.25, 0.3) is 0 Å². The van der Waals surface area contributed by atoms with E-state index < -0.39 is 23.7 Å². The van der Waals surface area contributed by atoms with Gasteiger partial charge in [0.15, 0.2) is 0 Å². The minimum Gasteiger partial charge on any atom is -0.480 e. The van der Waals surface area contributed by atoms with E-state index in [2.05, 4.69) is 5.32 Å². The van der Waals surface area contributed by atoms with E-state index in [-0.39, 0.29) is 5.92 Å². The van der Waals surface area contributed by atoms with Crippen molar-refractivity contribution in [1.82, 2.24) is 5.32 Å². The van der Waals surface area contributed by atoms with E-state index in [9.17, 15) is 14.7 Å². The summed E-state index contributed by atoms with van der Waals surface area (Å²) in [4.78, 5) is 24.2. The lowest BCUT2D eigenvalue weighted by Crippen LogP contribution is -2.51. The minimum absolute atomic E-state index is 0.0258. The number of carbonyl (C=O) groups is 2. The predicted octanol–water partition coefficient (Wildman–Crippen LogP) is 4.35. The van der Waals surface area contributed by atoms with Crippen molar-refractivity contribution < 1.29 is 19.4 Å². The van der Waals surface area contributed by atoms with Crippen molar-refractivity contribution in [3.63, 3.8) is 0 Å². The molecule has 2 saturated carbocycles. The number of carboxylic acid groups (broad SMARTS) is 1. The number of carboxylic acids is 1. The van der Waals surface area contributed by atoms with Crippen molar-refractivity contribution >= 4 is 12.1 Å². The second kappa shape index (κ2) is 8.21. The van der Waals surface area contributed by atoms with Gasteiger partial charge in [-0.15, -0.1) is 0 Å². The highest BCUT2D eigenvalue weighted by Gasteiger charge is 2.42.